The molecule has 0 radical (unpaired) electrons. The van der Waals surface area contributed by atoms with E-state index in [0.29, 0.717) is 36.8 Å². The second kappa shape index (κ2) is 6.67. The first-order chi connectivity index (χ1) is 10.0. The van der Waals surface area contributed by atoms with Crippen molar-refractivity contribution in [1.82, 2.24) is 5.32 Å². The molecule has 0 aromatic heterocycles. The van der Waals surface area contributed by atoms with Crippen LogP contribution in [0, 0.1) is 0 Å². The molecule has 1 unspecified atom stereocenters. The minimum Gasteiger partial charge on any atom is -0.492 e. The summed E-state index contributed by atoms with van der Waals surface area (Å²) in [5.41, 5.74) is 5.12. The largest absolute Gasteiger partial charge is 0.492 e. The summed E-state index contributed by atoms with van der Waals surface area (Å²) >= 11 is 0. The van der Waals surface area contributed by atoms with E-state index in [9.17, 15) is 4.79 Å². The number of nitrogens with one attached hydrogen (secondary N) is 1. The lowest BCUT2D eigenvalue weighted by Crippen LogP contribution is -2.52. The summed E-state index contributed by atoms with van der Waals surface area (Å²) in [6, 6.07) is 5.38. The molecule has 1 aliphatic heterocycles. The van der Waals surface area contributed by atoms with E-state index in [4.69, 9.17) is 19.9 Å². The van der Waals surface area contributed by atoms with E-state index in [1.807, 2.05) is 6.92 Å². The fourth-order valence-electron chi connectivity index (χ4n) is 2.13. The Bertz CT molecular complexity index is 502. The van der Waals surface area contributed by atoms with Crippen LogP contribution in [0.4, 0.5) is 0 Å². The summed E-state index contributed by atoms with van der Waals surface area (Å²) in [5, 5.41) is 2.79. The quantitative estimate of drug-likeness (QED) is 0.743. The average molecular weight is 294 g/mol. The van der Waals surface area contributed by atoms with Crippen LogP contribution in [0.25, 0.3) is 0 Å². The molecule has 0 saturated carbocycles. The number of nitrogens with two attached hydrogens (primary N) is 1. The van der Waals surface area contributed by atoms with Crippen molar-refractivity contribution < 1.29 is 19.0 Å². The molecule has 116 valence electrons. The number of amides is 1. The van der Waals surface area contributed by atoms with Crippen LogP contribution < -0.4 is 25.3 Å². The van der Waals surface area contributed by atoms with Crippen molar-refractivity contribution in [1.29, 1.82) is 0 Å². The van der Waals surface area contributed by atoms with Crippen molar-refractivity contribution in [3.05, 3.63) is 18.2 Å². The lowest BCUT2D eigenvalue weighted by atomic mass is 9.97. The number of hydrogen-bond donors (Lipinski definition) is 2. The second-order valence-corrected chi connectivity index (χ2v) is 5.29. The molecule has 1 heterocycles. The number of carbonyl (C=O) groups is 1. The predicted molar refractivity (Wildman–Crippen MR) is 78.6 cm³/mol. The van der Waals surface area contributed by atoms with Gasteiger partial charge in [-0.05, 0) is 25.5 Å². The van der Waals surface area contributed by atoms with Gasteiger partial charge in [0, 0.05) is 6.07 Å². The van der Waals surface area contributed by atoms with Gasteiger partial charge in [-0.3, -0.25) is 4.79 Å². The van der Waals surface area contributed by atoms with Crippen molar-refractivity contribution in [3.63, 3.8) is 0 Å². The van der Waals surface area contributed by atoms with Crippen LogP contribution in [0.1, 0.15) is 26.7 Å². The normalized spacial score (nSPS) is 15.4. The van der Waals surface area contributed by atoms with Crippen LogP contribution in [0.5, 0.6) is 17.2 Å². The zero-order valence-electron chi connectivity index (χ0n) is 12.5. The van der Waals surface area contributed by atoms with Crippen LogP contribution in [0.2, 0.25) is 0 Å². The third kappa shape index (κ3) is 4.01. The van der Waals surface area contributed by atoms with Gasteiger partial charge in [-0.1, -0.05) is 13.3 Å². The Labute approximate surface area is 124 Å². The van der Waals surface area contributed by atoms with Crippen LogP contribution in [-0.2, 0) is 4.79 Å². The molecule has 21 heavy (non-hydrogen) atoms. The van der Waals surface area contributed by atoms with Gasteiger partial charge in [-0.25, -0.2) is 0 Å². The second-order valence-electron chi connectivity index (χ2n) is 5.29. The fraction of sp³-hybridized carbons (Fsp3) is 0.533. The lowest BCUT2D eigenvalue weighted by Gasteiger charge is -2.22. The van der Waals surface area contributed by atoms with Gasteiger partial charge >= 0.3 is 0 Å². The van der Waals surface area contributed by atoms with Gasteiger partial charge in [0.1, 0.15) is 12.4 Å². The number of rotatable bonds is 7. The summed E-state index contributed by atoms with van der Waals surface area (Å²) in [6.07, 6.45) is 1.52. The van der Waals surface area contributed by atoms with Crippen LogP contribution in [0.15, 0.2) is 18.2 Å². The molecule has 1 aromatic rings. The van der Waals surface area contributed by atoms with Gasteiger partial charge in [0.25, 0.3) is 0 Å². The Morgan fingerprint density at radius 3 is 2.95 bits per heavy atom. The van der Waals surface area contributed by atoms with Gasteiger partial charge in [-0.2, -0.15) is 0 Å². The van der Waals surface area contributed by atoms with Crippen molar-refractivity contribution in [2.75, 3.05) is 19.9 Å². The van der Waals surface area contributed by atoms with Gasteiger partial charge in [0.15, 0.2) is 11.5 Å². The minimum absolute atomic E-state index is 0.154. The Morgan fingerprint density at radius 1 is 1.43 bits per heavy atom. The van der Waals surface area contributed by atoms with Crippen molar-refractivity contribution in [2.45, 2.75) is 32.2 Å². The first kappa shape index (κ1) is 15.4. The molecule has 2 rings (SSSR count). The summed E-state index contributed by atoms with van der Waals surface area (Å²) in [5.74, 6) is 1.92. The topological polar surface area (TPSA) is 82.8 Å². The van der Waals surface area contributed by atoms with E-state index in [2.05, 4.69) is 5.32 Å². The fourth-order valence-corrected chi connectivity index (χ4v) is 2.13. The smallest absolute Gasteiger partial charge is 0.239 e. The molecule has 0 saturated heterocycles. The first-order valence-electron chi connectivity index (χ1n) is 7.12. The molecule has 1 aromatic carbocycles. The summed E-state index contributed by atoms with van der Waals surface area (Å²) in [6.45, 7) is 4.75. The van der Waals surface area contributed by atoms with Gasteiger partial charge in [0.2, 0.25) is 12.7 Å². The van der Waals surface area contributed by atoms with Crippen molar-refractivity contribution in [3.8, 4) is 17.2 Å². The highest BCUT2D eigenvalue weighted by molar-refractivity contribution is 5.85. The molecule has 3 N–H and O–H groups in total. The van der Waals surface area contributed by atoms with Gasteiger partial charge in [0.05, 0.1) is 12.1 Å². The Balaban J connectivity index is 1.74. The van der Waals surface area contributed by atoms with E-state index < -0.39 is 5.54 Å². The highest BCUT2D eigenvalue weighted by Gasteiger charge is 2.26. The van der Waals surface area contributed by atoms with Crippen molar-refractivity contribution in [2.24, 2.45) is 5.73 Å². The highest BCUT2D eigenvalue weighted by Crippen LogP contribution is 2.34. The molecule has 0 fully saturated rings. The number of benzene rings is 1. The SMILES string of the molecule is CCCC(C)(N)C(=O)NCCOc1ccc2c(c1)OCO2. The molecule has 6 heteroatoms. The van der Waals surface area contributed by atoms with Crippen LogP contribution in [0.3, 0.4) is 0 Å². The number of carbonyl (C=O) groups excluding carboxylic acids is 1. The standard InChI is InChI=1S/C15H22N2O4/c1-3-6-15(2,16)14(18)17-7-8-19-11-4-5-12-13(9-11)21-10-20-12/h4-5,9H,3,6-8,10,16H2,1-2H3,(H,17,18). The molecule has 1 amide bonds. The maximum atomic E-state index is 11.9. The van der Waals surface area contributed by atoms with Gasteiger partial charge < -0.3 is 25.3 Å². The molecular weight excluding hydrogens is 272 g/mol. The summed E-state index contributed by atoms with van der Waals surface area (Å²) in [7, 11) is 0. The molecule has 1 aliphatic rings. The number of fused-ring (bicyclic) bond motifs is 1. The maximum Gasteiger partial charge on any atom is 0.239 e. The van der Waals surface area contributed by atoms with E-state index >= 15 is 0 Å². The van der Waals surface area contributed by atoms with Crippen molar-refractivity contribution >= 4 is 5.91 Å². The average Bonchev–Trinajstić information content (AvgIpc) is 2.90. The molecule has 0 bridgehead atoms. The predicted octanol–water partition coefficient (Wildman–Crippen LogP) is 1.43. The summed E-state index contributed by atoms with van der Waals surface area (Å²) < 4.78 is 16.1. The lowest BCUT2D eigenvalue weighted by molar-refractivity contribution is -0.126. The Kier molecular flexibility index (Phi) is 4.90. The third-order valence-corrected chi connectivity index (χ3v) is 3.29. The van der Waals surface area contributed by atoms with E-state index in [1.165, 1.54) is 0 Å². The monoisotopic (exact) mass is 294 g/mol. The number of hydrogen-bond acceptors (Lipinski definition) is 5. The Morgan fingerprint density at radius 2 is 2.19 bits per heavy atom. The third-order valence-electron chi connectivity index (χ3n) is 3.29. The zero-order chi connectivity index (χ0) is 15.3. The molecule has 0 aliphatic carbocycles. The van der Waals surface area contributed by atoms with Crippen LogP contribution in [-0.4, -0.2) is 31.4 Å². The summed E-state index contributed by atoms with van der Waals surface area (Å²) in [4.78, 5) is 11.9. The molecule has 1 atom stereocenters. The van der Waals surface area contributed by atoms with E-state index in [-0.39, 0.29) is 12.7 Å². The molecular formula is C15H22N2O4. The Hall–Kier alpha value is -1.95. The number of ether oxygens (including phenoxy) is 3. The molecule has 0 spiro atoms. The first-order valence-corrected chi connectivity index (χ1v) is 7.12. The minimum atomic E-state index is -0.826. The van der Waals surface area contributed by atoms with E-state index in [0.717, 1.165) is 6.42 Å². The zero-order valence-corrected chi connectivity index (χ0v) is 12.5. The molecule has 6 nitrogen and oxygen atoms in total. The van der Waals surface area contributed by atoms with E-state index in [1.54, 1.807) is 25.1 Å². The highest BCUT2D eigenvalue weighted by atomic mass is 16.7. The maximum absolute atomic E-state index is 11.9. The van der Waals surface area contributed by atoms with Gasteiger partial charge in [-0.15, -0.1) is 0 Å². The van der Waals surface area contributed by atoms with Crippen LogP contribution >= 0.6 is 0 Å².